The van der Waals surface area contributed by atoms with Crippen LogP contribution in [-0.2, 0) is 0 Å². The first-order valence-corrected chi connectivity index (χ1v) is 8.19. The van der Waals surface area contributed by atoms with Crippen molar-refractivity contribution in [1.82, 2.24) is 4.98 Å². The molecule has 4 nitrogen and oxygen atoms in total. The van der Waals surface area contributed by atoms with Crippen LogP contribution in [0.15, 0.2) is 77.2 Å². The van der Waals surface area contributed by atoms with Crippen LogP contribution in [0, 0.1) is 0 Å². The van der Waals surface area contributed by atoms with Gasteiger partial charge in [-0.1, -0.05) is 36.4 Å². The van der Waals surface area contributed by atoms with Crippen LogP contribution in [0.25, 0.3) is 22.2 Å². The standard InChI is InChI=1S/C21H19N3O/c1-24(2)18-10-6-7-15(13-18)16-11-12-20-19(14-16)23-21(25-20)22-17-8-4-3-5-9-17/h3-14H,1-2H3,(H,22,23). The van der Waals surface area contributed by atoms with Gasteiger partial charge in [-0.25, -0.2) is 0 Å². The summed E-state index contributed by atoms with van der Waals surface area (Å²) in [5, 5.41) is 3.19. The SMILES string of the molecule is CN(C)c1cccc(-c2ccc3oc(Nc4ccccc4)nc3c2)c1. The summed E-state index contributed by atoms with van der Waals surface area (Å²) < 4.78 is 5.79. The van der Waals surface area contributed by atoms with E-state index in [0.717, 1.165) is 27.9 Å². The molecule has 3 aromatic carbocycles. The minimum Gasteiger partial charge on any atom is -0.423 e. The van der Waals surface area contributed by atoms with E-state index >= 15 is 0 Å². The molecule has 0 atom stereocenters. The second kappa shape index (κ2) is 6.32. The summed E-state index contributed by atoms with van der Waals surface area (Å²) >= 11 is 0. The summed E-state index contributed by atoms with van der Waals surface area (Å²) in [7, 11) is 4.09. The molecule has 0 radical (unpaired) electrons. The number of oxazole rings is 1. The minimum atomic E-state index is 0.500. The molecule has 0 bridgehead atoms. The summed E-state index contributed by atoms with van der Waals surface area (Å²) in [4.78, 5) is 6.66. The first-order valence-electron chi connectivity index (χ1n) is 8.19. The van der Waals surface area contributed by atoms with Gasteiger partial charge in [-0.3, -0.25) is 0 Å². The van der Waals surface area contributed by atoms with Crippen molar-refractivity contribution in [3.63, 3.8) is 0 Å². The molecule has 0 saturated heterocycles. The summed E-state index contributed by atoms with van der Waals surface area (Å²) in [6, 6.07) is 24.9. The lowest BCUT2D eigenvalue weighted by Gasteiger charge is -2.13. The van der Waals surface area contributed by atoms with Gasteiger partial charge in [0.05, 0.1) is 0 Å². The molecule has 4 rings (SSSR count). The van der Waals surface area contributed by atoms with Crippen LogP contribution in [0.3, 0.4) is 0 Å². The van der Waals surface area contributed by atoms with Gasteiger partial charge >= 0.3 is 0 Å². The Labute approximate surface area is 146 Å². The van der Waals surface area contributed by atoms with E-state index in [1.807, 2.05) is 50.5 Å². The largest absolute Gasteiger partial charge is 0.423 e. The summed E-state index contributed by atoms with van der Waals surface area (Å²) in [6.07, 6.45) is 0. The lowest BCUT2D eigenvalue weighted by molar-refractivity contribution is 0.623. The average molecular weight is 329 g/mol. The van der Waals surface area contributed by atoms with Crippen molar-refractivity contribution in [2.45, 2.75) is 0 Å². The van der Waals surface area contributed by atoms with Gasteiger partial charge in [0.25, 0.3) is 6.01 Å². The Morgan fingerprint density at radius 1 is 0.840 bits per heavy atom. The fourth-order valence-corrected chi connectivity index (χ4v) is 2.77. The van der Waals surface area contributed by atoms with E-state index in [1.165, 1.54) is 5.69 Å². The van der Waals surface area contributed by atoms with Crippen LogP contribution in [0.2, 0.25) is 0 Å². The van der Waals surface area contributed by atoms with Gasteiger partial charge in [0.1, 0.15) is 5.52 Å². The van der Waals surface area contributed by atoms with E-state index in [0.29, 0.717) is 6.01 Å². The molecule has 0 aliphatic rings. The van der Waals surface area contributed by atoms with Gasteiger partial charge < -0.3 is 14.6 Å². The van der Waals surface area contributed by atoms with Gasteiger partial charge in [-0.15, -0.1) is 0 Å². The summed E-state index contributed by atoms with van der Waals surface area (Å²) in [6.45, 7) is 0. The highest BCUT2D eigenvalue weighted by Crippen LogP contribution is 2.29. The average Bonchev–Trinajstić information content (AvgIpc) is 3.04. The zero-order valence-corrected chi connectivity index (χ0v) is 14.2. The molecule has 0 spiro atoms. The van der Waals surface area contributed by atoms with Gasteiger partial charge in [-0.2, -0.15) is 4.98 Å². The van der Waals surface area contributed by atoms with E-state index in [2.05, 4.69) is 51.6 Å². The van der Waals surface area contributed by atoms with Gasteiger partial charge in [0, 0.05) is 25.5 Å². The van der Waals surface area contributed by atoms with Crippen molar-refractivity contribution in [3.05, 3.63) is 72.8 Å². The van der Waals surface area contributed by atoms with Crippen LogP contribution in [0.4, 0.5) is 17.4 Å². The third-order valence-electron chi connectivity index (χ3n) is 4.11. The molecule has 0 amide bonds. The van der Waals surface area contributed by atoms with Crippen molar-refractivity contribution in [2.75, 3.05) is 24.3 Å². The first kappa shape index (κ1) is 15.3. The monoisotopic (exact) mass is 329 g/mol. The van der Waals surface area contributed by atoms with Gasteiger partial charge in [0.2, 0.25) is 0 Å². The van der Waals surface area contributed by atoms with Crippen LogP contribution in [-0.4, -0.2) is 19.1 Å². The lowest BCUT2D eigenvalue weighted by Crippen LogP contribution is -2.08. The third-order valence-corrected chi connectivity index (χ3v) is 4.11. The normalized spacial score (nSPS) is 10.8. The second-order valence-corrected chi connectivity index (χ2v) is 6.14. The Kier molecular flexibility index (Phi) is 3.86. The predicted molar refractivity (Wildman–Crippen MR) is 103 cm³/mol. The molecule has 4 aromatic rings. The van der Waals surface area contributed by atoms with Crippen molar-refractivity contribution >= 4 is 28.5 Å². The number of aromatic nitrogens is 1. The van der Waals surface area contributed by atoms with Crippen LogP contribution in [0.1, 0.15) is 0 Å². The number of hydrogen-bond donors (Lipinski definition) is 1. The van der Waals surface area contributed by atoms with E-state index in [4.69, 9.17) is 4.42 Å². The Bertz CT molecular complexity index is 1010. The van der Waals surface area contributed by atoms with Crippen LogP contribution < -0.4 is 10.2 Å². The predicted octanol–water partition coefficient (Wildman–Crippen LogP) is 5.30. The van der Waals surface area contributed by atoms with E-state index in [-0.39, 0.29) is 0 Å². The molecule has 4 heteroatoms. The lowest BCUT2D eigenvalue weighted by atomic mass is 10.0. The second-order valence-electron chi connectivity index (χ2n) is 6.14. The van der Waals surface area contributed by atoms with Crippen molar-refractivity contribution in [1.29, 1.82) is 0 Å². The molecule has 25 heavy (non-hydrogen) atoms. The smallest absolute Gasteiger partial charge is 0.300 e. The number of benzene rings is 3. The maximum absolute atomic E-state index is 5.79. The maximum atomic E-state index is 5.79. The quantitative estimate of drug-likeness (QED) is 0.551. The molecule has 1 heterocycles. The summed E-state index contributed by atoms with van der Waals surface area (Å²) in [5.74, 6) is 0. The highest BCUT2D eigenvalue weighted by molar-refractivity contribution is 5.82. The molecule has 1 N–H and O–H groups in total. The number of nitrogens with zero attached hydrogens (tertiary/aromatic N) is 2. The zero-order chi connectivity index (χ0) is 17.2. The van der Waals surface area contributed by atoms with E-state index in [1.54, 1.807) is 0 Å². The molecule has 0 aliphatic heterocycles. The number of para-hydroxylation sites is 1. The molecular formula is C21H19N3O. The summed E-state index contributed by atoms with van der Waals surface area (Å²) in [5.41, 5.74) is 6.01. The van der Waals surface area contributed by atoms with Crippen LogP contribution >= 0.6 is 0 Å². The van der Waals surface area contributed by atoms with Gasteiger partial charge in [0.15, 0.2) is 5.58 Å². The molecule has 0 fully saturated rings. The Morgan fingerprint density at radius 2 is 1.64 bits per heavy atom. The molecule has 0 saturated carbocycles. The third kappa shape index (κ3) is 3.19. The van der Waals surface area contributed by atoms with E-state index < -0.39 is 0 Å². The topological polar surface area (TPSA) is 41.3 Å². The van der Waals surface area contributed by atoms with Crippen molar-refractivity contribution < 1.29 is 4.42 Å². The first-order chi connectivity index (χ1) is 12.2. The minimum absolute atomic E-state index is 0.500. The number of fused-ring (bicyclic) bond motifs is 1. The number of anilines is 3. The molecule has 0 unspecified atom stereocenters. The Morgan fingerprint density at radius 3 is 2.44 bits per heavy atom. The Hall–Kier alpha value is -3.27. The van der Waals surface area contributed by atoms with Gasteiger partial charge in [-0.05, 0) is 47.5 Å². The molecular weight excluding hydrogens is 310 g/mol. The number of nitrogens with one attached hydrogen (secondary N) is 1. The molecule has 0 aliphatic carbocycles. The maximum Gasteiger partial charge on any atom is 0.300 e. The van der Waals surface area contributed by atoms with E-state index in [9.17, 15) is 0 Å². The number of rotatable bonds is 4. The highest BCUT2D eigenvalue weighted by Gasteiger charge is 2.08. The fraction of sp³-hybridized carbons (Fsp3) is 0.0952. The number of hydrogen-bond acceptors (Lipinski definition) is 4. The fourth-order valence-electron chi connectivity index (χ4n) is 2.77. The zero-order valence-electron chi connectivity index (χ0n) is 14.2. The highest BCUT2D eigenvalue weighted by atomic mass is 16.4. The molecule has 124 valence electrons. The van der Waals surface area contributed by atoms with Crippen molar-refractivity contribution in [3.8, 4) is 11.1 Å². The molecule has 1 aromatic heterocycles. The van der Waals surface area contributed by atoms with Crippen LogP contribution in [0.5, 0.6) is 0 Å². The Balaban J connectivity index is 1.67. The van der Waals surface area contributed by atoms with Crippen molar-refractivity contribution in [2.24, 2.45) is 0 Å².